The SMILES string of the molecule is CC.CC1CCN(C)c2ccccc21. The first-order valence-corrected chi connectivity index (χ1v) is 5.59. The van der Waals surface area contributed by atoms with Crippen LogP contribution in [-0.2, 0) is 0 Å². The molecule has 0 saturated heterocycles. The Labute approximate surface area is 87.7 Å². The molecule has 2 rings (SSSR count). The van der Waals surface area contributed by atoms with Gasteiger partial charge in [0.2, 0.25) is 0 Å². The summed E-state index contributed by atoms with van der Waals surface area (Å²) in [6.45, 7) is 7.50. The van der Waals surface area contributed by atoms with Crippen molar-refractivity contribution in [3.8, 4) is 0 Å². The van der Waals surface area contributed by atoms with E-state index in [1.54, 1.807) is 0 Å². The summed E-state index contributed by atoms with van der Waals surface area (Å²) in [6, 6.07) is 8.71. The highest BCUT2D eigenvalue weighted by Gasteiger charge is 2.18. The summed E-state index contributed by atoms with van der Waals surface area (Å²) in [4.78, 5) is 2.34. The van der Waals surface area contributed by atoms with Gasteiger partial charge in [0.05, 0.1) is 0 Å². The molecule has 0 fully saturated rings. The maximum Gasteiger partial charge on any atom is 0.0398 e. The van der Waals surface area contributed by atoms with Gasteiger partial charge in [-0.25, -0.2) is 0 Å². The van der Waals surface area contributed by atoms with E-state index in [9.17, 15) is 0 Å². The van der Waals surface area contributed by atoms with Crippen LogP contribution in [0.15, 0.2) is 24.3 Å². The lowest BCUT2D eigenvalue weighted by atomic mass is 9.92. The molecule has 0 saturated carbocycles. The van der Waals surface area contributed by atoms with Crippen molar-refractivity contribution in [2.45, 2.75) is 33.1 Å². The number of nitrogens with zero attached hydrogens (tertiary/aromatic N) is 1. The summed E-state index contributed by atoms with van der Waals surface area (Å²) in [5, 5.41) is 0. The van der Waals surface area contributed by atoms with Crippen LogP contribution in [0.5, 0.6) is 0 Å². The molecule has 0 radical (unpaired) electrons. The fourth-order valence-electron chi connectivity index (χ4n) is 1.92. The van der Waals surface area contributed by atoms with Gasteiger partial charge in [0.15, 0.2) is 0 Å². The van der Waals surface area contributed by atoms with Gasteiger partial charge in [-0.1, -0.05) is 39.0 Å². The van der Waals surface area contributed by atoms with Gasteiger partial charge in [0.25, 0.3) is 0 Å². The summed E-state index contributed by atoms with van der Waals surface area (Å²) >= 11 is 0. The van der Waals surface area contributed by atoms with Crippen molar-refractivity contribution in [2.24, 2.45) is 0 Å². The van der Waals surface area contributed by atoms with Crippen LogP contribution in [0.3, 0.4) is 0 Å². The molecule has 0 N–H and O–H groups in total. The van der Waals surface area contributed by atoms with Crippen molar-refractivity contribution < 1.29 is 0 Å². The first-order chi connectivity index (χ1) is 6.79. The standard InChI is InChI=1S/C11H15N.C2H6/c1-9-7-8-12(2)11-6-4-3-5-10(9)11;1-2/h3-6,9H,7-8H2,1-2H3;1-2H3. The molecule has 1 heterocycles. The summed E-state index contributed by atoms with van der Waals surface area (Å²) in [7, 11) is 2.17. The van der Waals surface area contributed by atoms with Gasteiger partial charge in [-0.15, -0.1) is 0 Å². The lowest BCUT2D eigenvalue weighted by Gasteiger charge is -2.31. The largest absolute Gasteiger partial charge is 0.374 e. The Morgan fingerprint density at radius 2 is 1.86 bits per heavy atom. The third-order valence-corrected chi connectivity index (χ3v) is 2.78. The van der Waals surface area contributed by atoms with E-state index in [-0.39, 0.29) is 0 Å². The van der Waals surface area contributed by atoms with Gasteiger partial charge in [-0.3, -0.25) is 0 Å². The summed E-state index contributed by atoms with van der Waals surface area (Å²) in [5.41, 5.74) is 2.92. The average Bonchev–Trinajstić information content (AvgIpc) is 2.27. The monoisotopic (exact) mass is 191 g/mol. The van der Waals surface area contributed by atoms with Gasteiger partial charge in [0, 0.05) is 19.3 Å². The lowest BCUT2D eigenvalue weighted by Crippen LogP contribution is -2.26. The molecule has 1 aliphatic rings. The van der Waals surface area contributed by atoms with Crippen molar-refractivity contribution in [2.75, 3.05) is 18.5 Å². The van der Waals surface area contributed by atoms with E-state index in [4.69, 9.17) is 0 Å². The van der Waals surface area contributed by atoms with Gasteiger partial charge in [-0.05, 0) is 24.0 Å². The van der Waals surface area contributed by atoms with E-state index in [2.05, 4.69) is 43.1 Å². The molecule has 0 aliphatic carbocycles. The predicted molar refractivity (Wildman–Crippen MR) is 64.1 cm³/mol. The number of fused-ring (bicyclic) bond motifs is 1. The molecule has 1 nitrogen and oxygen atoms in total. The molecule has 0 spiro atoms. The molecule has 14 heavy (non-hydrogen) atoms. The number of para-hydroxylation sites is 1. The van der Waals surface area contributed by atoms with E-state index in [1.807, 2.05) is 13.8 Å². The number of hydrogen-bond donors (Lipinski definition) is 0. The molecule has 0 aromatic heterocycles. The number of rotatable bonds is 0. The number of hydrogen-bond acceptors (Lipinski definition) is 1. The zero-order valence-corrected chi connectivity index (χ0v) is 9.75. The molecule has 1 heteroatoms. The molecule has 1 unspecified atom stereocenters. The first kappa shape index (κ1) is 11.1. The van der Waals surface area contributed by atoms with Crippen LogP contribution in [0.1, 0.15) is 38.7 Å². The van der Waals surface area contributed by atoms with E-state index in [1.165, 1.54) is 24.2 Å². The number of anilines is 1. The Balaban J connectivity index is 0.000000461. The molecular weight excluding hydrogens is 170 g/mol. The fourth-order valence-corrected chi connectivity index (χ4v) is 1.92. The molecule has 78 valence electrons. The average molecular weight is 191 g/mol. The van der Waals surface area contributed by atoms with Crippen LogP contribution in [0.4, 0.5) is 5.69 Å². The highest BCUT2D eigenvalue weighted by atomic mass is 15.1. The van der Waals surface area contributed by atoms with E-state index in [0.29, 0.717) is 0 Å². The van der Waals surface area contributed by atoms with Crippen molar-refractivity contribution in [3.63, 3.8) is 0 Å². The van der Waals surface area contributed by atoms with Gasteiger partial charge in [-0.2, -0.15) is 0 Å². The Kier molecular flexibility index (Phi) is 3.99. The second-order valence-corrected chi connectivity index (χ2v) is 3.67. The van der Waals surface area contributed by atoms with Crippen molar-refractivity contribution in [1.29, 1.82) is 0 Å². The van der Waals surface area contributed by atoms with Gasteiger partial charge in [0.1, 0.15) is 0 Å². The van der Waals surface area contributed by atoms with Crippen molar-refractivity contribution >= 4 is 5.69 Å². The normalized spacial score (nSPS) is 19.4. The highest BCUT2D eigenvalue weighted by molar-refractivity contribution is 5.56. The van der Waals surface area contributed by atoms with Crippen LogP contribution < -0.4 is 4.90 Å². The molecule has 1 aromatic carbocycles. The smallest absolute Gasteiger partial charge is 0.0398 e. The minimum atomic E-state index is 0.734. The summed E-state index contributed by atoms with van der Waals surface area (Å²) in [5.74, 6) is 0.734. The van der Waals surface area contributed by atoms with E-state index in [0.717, 1.165) is 5.92 Å². The third-order valence-electron chi connectivity index (χ3n) is 2.78. The topological polar surface area (TPSA) is 3.24 Å². The molecular formula is C13H21N. The first-order valence-electron chi connectivity index (χ1n) is 5.59. The van der Waals surface area contributed by atoms with Crippen LogP contribution in [0.2, 0.25) is 0 Å². The van der Waals surface area contributed by atoms with Crippen LogP contribution in [-0.4, -0.2) is 13.6 Å². The second-order valence-electron chi connectivity index (χ2n) is 3.67. The highest BCUT2D eigenvalue weighted by Crippen LogP contribution is 2.33. The summed E-state index contributed by atoms with van der Waals surface area (Å²) < 4.78 is 0. The van der Waals surface area contributed by atoms with Crippen LogP contribution in [0, 0.1) is 0 Å². The zero-order valence-electron chi connectivity index (χ0n) is 9.75. The lowest BCUT2D eigenvalue weighted by molar-refractivity contribution is 0.637. The van der Waals surface area contributed by atoms with Crippen molar-refractivity contribution in [1.82, 2.24) is 0 Å². The molecule has 1 aliphatic heterocycles. The maximum absolute atomic E-state index is 2.34. The van der Waals surface area contributed by atoms with E-state index >= 15 is 0 Å². The van der Waals surface area contributed by atoms with Gasteiger partial charge >= 0.3 is 0 Å². The molecule has 1 aromatic rings. The Morgan fingerprint density at radius 1 is 1.21 bits per heavy atom. The second kappa shape index (κ2) is 5.04. The van der Waals surface area contributed by atoms with Crippen LogP contribution >= 0.6 is 0 Å². The van der Waals surface area contributed by atoms with E-state index < -0.39 is 0 Å². The molecule has 0 amide bonds. The Morgan fingerprint density at radius 3 is 2.50 bits per heavy atom. The molecule has 1 atom stereocenters. The zero-order chi connectivity index (χ0) is 10.6. The third kappa shape index (κ3) is 2.09. The summed E-state index contributed by atoms with van der Waals surface area (Å²) in [6.07, 6.45) is 1.29. The number of benzene rings is 1. The molecule has 0 bridgehead atoms. The quantitative estimate of drug-likeness (QED) is 0.605. The van der Waals surface area contributed by atoms with Gasteiger partial charge < -0.3 is 4.90 Å². The fraction of sp³-hybridized carbons (Fsp3) is 0.538. The van der Waals surface area contributed by atoms with Crippen LogP contribution in [0.25, 0.3) is 0 Å². The maximum atomic E-state index is 2.34. The Hall–Kier alpha value is -0.980. The van der Waals surface area contributed by atoms with Crippen molar-refractivity contribution in [3.05, 3.63) is 29.8 Å². The minimum absolute atomic E-state index is 0.734. The Bertz CT molecular complexity index is 251. The minimum Gasteiger partial charge on any atom is -0.374 e. The predicted octanol–water partition coefficient (Wildman–Crippen LogP) is 3.66.